The lowest BCUT2D eigenvalue weighted by atomic mass is 9.93. The Morgan fingerprint density at radius 2 is 2.29 bits per heavy atom. The number of rotatable bonds is 3. The molecular formula is C16H17BrN2OS. The molecule has 1 atom stereocenters. The summed E-state index contributed by atoms with van der Waals surface area (Å²) >= 11 is 5.11. The van der Waals surface area contributed by atoms with Crippen LogP contribution in [0.5, 0.6) is 0 Å². The van der Waals surface area contributed by atoms with E-state index in [-0.39, 0.29) is 11.8 Å². The standard InChI is InChI=1S/C16H17BrN2OS/c1-19(9-11-6-15(17)21-10-11)16(20)13-7-12-4-2-3-5-14(12)18-8-13/h2-6,10,13,18H,7-9H2,1H3. The van der Waals surface area contributed by atoms with Gasteiger partial charge in [-0.1, -0.05) is 18.2 Å². The molecule has 0 saturated heterocycles. The molecule has 3 rings (SSSR count). The molecule has 1 amide bonds. The van der Waals surface area contributed by atoms with Crippen LogP contribution < -0.4 is 5.32 Å². The number of hydrogen-bond acceptors (Lipinski definition) is 3. The van der Waals surface area contributed by atoms with Crippen LogP contribution in [-0.4, -0.2) is 24.4 Å². The summed E-state index contributed by atoms with van der Waals surface area (Å²) in [5.41, 5.74) is 3.56. The van der Waals surface area contributed by atoms with Crippen LogP contribution in [0, 0.1) is 5.92 Å². The molecule has 1 aromatic carbocycles. The van der Waals surface area contributed by atoms with Crippen molar-refractivity contribution in [3.05, 3.63) is 50.6 Å². The van der Waals surface area contributed by atoms with Crippen LogP contribution in [0.2, 0.25) is 0 Å². The molecule has 1 N–H and O–H groups in total. The van der Waals surface area contributed by atoms with E-state index in [1.165, 1.54) is 11.1 Å². The molecule has 1 aliphatic heterocycles. The van der Waals surface area contributed by atoms with Crippen molar-refractivity contribution in [2.75, 3.05) is 18.9 Å². The smallest absolute Gasteiger partial charge is 0.227 e. The molecule has 0 aliphatic carbocycles. The van der Waals surface area contributed by atoms with Gasteiger partial charge in [-0.15, -0.1) is 11.3 Å². The highest BCUT2D eigenvalue weighted by Crippen LogP contribution is 2.26. The number of hydrogen-bond donors (Lipinski definition) is 1. The van der Waals surface area contributed by atoms with Crippen molar-refractivity contribution in [2.45, 2.75) is 13.0 Å². The van der Waals surface area contributed by atoms with Gasteiger partial charge in [0.25, 0.3) is 0 Å². The van der Waals surface area contributed by atoms with E-state index < -0.39 is 0 Å². The van der Waals surface area contributed by atoms with Gasteiger partial charge in [-0.25, -0.2) is 0 Å². The van der Waals surface area contributed by atoms with E-state index in [0.717, 1.165) is 15.9 Å². The highest BCUT2D eigenvalue weighted by atomic mass is 79.9. The molecule has 1 aliphatic rings. The molecule has 5 heteroatoms. The van der Waals surface area contributed by atoms with Crippen LogP contribution in [0.15, 0.2) is 39.5 Å². The summed E-state index contributed by atoms with van der Waals surface area (Å²) < 4.78 is 1.10. The van der Waals surface area contributed by atoms with Crippen molar-refractivity contribution in [1.29, 1.82) is 0 Å². The van der Waals surface area contributed by atoms with E-state index in [1.807, 2.05) is 24.1 Å². The van der Waals surface area contributed by atoms with Crippen molar-refractivity contribution in [3.8, 4) is 0 Å². The first-order valence-corrected chi connectivity index (χ1v) is 8.60. The lowest BCUT2D eigenvalue weighted by Crippen LogP contribution is -2.39. The zero-order valence-corrected chi connectivity index (χ0v) is 14.2. The molecule has 1 unspecified atom stereocenters. The summed E-state index contributed by atoms with van der Waals surface area (Å²) in [5, 5.41) is 5.45. The van der Waals surface area contributed by atoms with Gasteiger partial charge in [-0.2, -0.15) is 0 Å². The van der Waals surface area contributed by atoms with Gasteiger partial charge in [-0.3, -0.25) is 4.79 Å². The fourth-order valence-corrected chi connectivity index (χ4v) is 3.91. The minimum Gasteiger partial charge on any atom is -0.384 e. The molecule has 0 bridgehead atoms. The van der Waals surface area contributed by atoms with E-state index in [9.17, 15) is 4.79 Å². The molecule has 0 fully saturated rings. The van der Waals surface area contributed by atoms with Gasteiger partial charge in [0.15, 0.2) is 0 Å². The molecule has 0 radical (unpaired) electrons. The summed E-state index contributed by atoms with van der Waals surface area (Å²) in [4.78, 5) is 14.4. The van der Waals surface area contributed by atoms with E-state index in [1.54, 1.807) is 11.3 Å². The number of fused-ring (bicyclic) bond motifs is 1. The minimum absolute atomic E-state index is 0.0203. The third kappa shape index (κ3) is 3.30. The van der Waals surface area contributed by atoms with Gasteiger partial charge in [0.2, 0.25) is 5.91 Å². The number of thiophene rings is 1. The summed E-state index contributed by atoms with van der Waals surface area (Å²) in [5.74, 6) is 0.228. The molecule has 110 valence electrons. The maximum atomic E-state index is 12.6. The Hall–Kier alpha value is -1.33. The normalized spacial score (nSPS) is 17.0. The third-order valence-electron chi connectivity index (χ3n) is 3.79. The average molecular weight is 365 g/mol. The maximum Gasteiger partial charge on any atom is 0.227 e. The molecule has 3 nitrogen and oxygen atoms in total. The van der Waals surface area contributed by atoms with Crippen molar-refractivity contribution in [2.24, 2.45) is 5.92 Å². The fraction of sp³-hybridized carbons (Fsp3) is 0.312. The molecule has 1 aromatic heterocycles. The Morgan fingerprint density at radius 3 is 3.05 bits per heavy atom. The number of carbonyl (C=O) groups is 1. The second-order valence-corrected chi connectivity index (χ2v) is 7.68. The van der Waals surface area contributed by atoms with Gasteiger partial charge in [0.05, 0.1) is 9.70 Å². The molecule has 2 aromatic rings. The Morgan fingerprint density at radius 1 is 1.48 bits per heavy atom. The SMILES string of the molecule is CN(Cc1csc(Br)c1)C(=O)C1CNc2ccccc2C1. The van der Waals surface area contributed by atoms with E-state index >= 15 is 0 Å². The number of nitrogens with zero attached hydrogens (tertiary/aromatic N) is 1. The number of anilines is 1. The molecule has 0 spiro atoms. The molecule has 21 heavy (non-hydrogen) atoms. The lowest BCUT2D eigenvalue weighted by Gasteiger charge is -2.28. The van der Waals surface area contributed by atoms with E-state index in [0.29, 0.717) is 13.1 Å². The first-order valence-electron chi connectivity index (χ1n) is 6.93. The Bertz CT molecular complexity index is 655. The maximum absolute atomic E-state index is 12.6. The van der Waals surface area contributed by atoms with Crippen LogP contribution in [0.3, 0.4) is 0 Å². The first kappa shape index (κ1) is 14.6. The van der Waals surface area contributed by atoms with Gasteiger partial charge in [0.1, 0.15) is 0 Å². The minimum atomic E-state index is 0.0203. The summed E-state index contributed by atoms with van der Waals surface area (Å²) in [6, 6.07) is 10.3. The summed E-state index contributed by atoms with van der Waals surface area (Å²) in [7, 11) is 1.88. The Labute approximate surface area is 137 Å². The summed E-state index contributed by atoms with van der Waals surface area (Å²) in [6.45, 7) is 1.38. The monoisotopic (exact) mass is 364 g/mol. The van der Waals surface area contributed by atoms with Crippen molar-refractivity contribution < 1.29 is 4.79 Å². The highest BCUT2D eigenvalue weighted by Gasteiger charge is 2.26. The lowest BCUT2D eigenvalue weighted by molar-refractivity contribution is -0.134. The van der Waals surface area contributed by atoms with Crippen molar-refractivity contribution >= 4 is 38.9 Å². The second-order valence-electron chi connectivity index (χ2n) is 5.39. The van der Waals surface area contributed by atoms with Gasteiger partial charge in [-0.05, 0) is 51.0 Å². The van der Waals surface area contributed by atoms with Crippen molar-refractivity contribution in [3.63, 3.8) is 0 Å². The van der Waals surface area contributed by atoms with E-state index in [4.69, 9.17) is 0 Å². The van der Waals surface area contributed by atoms with Crippen LogP contribution in [0.4, 0.5) is 5.69 Å². The number of halogens is 1. The second kappa shape index (κ2) is 6.20. The fourth-order valence-electron chi connectivity index (χ4n) is 2.71. The average Bonchev–Trinajstić information content (AvgIpc) is 2.91. The zero-order chi connectivity index (χ0) is 14.8. The van der Waals surface area contributed by atoms with Crippen LogP contribution in [0.25, 0.3) is 0 Å². The Balaban J connectivity index is 1.66. The quantitative estimate of drug-likeness (QED) is 0.899. The molecule has 0 saturated carbocycles. The predicted molar refractivity (Wildman–Crippen MR) is 90.6 cm³/mol. The number of nitrogens with one attached hydrogen (secondary N) is 1. The van der Waals surface area contributed by atoms with Crippen LogP contribution in [0.1, 0.15) is 11.1 Å². The van der Waals surface area contributed by atoms with Gasteiger partial charge < -0.3 is 10.2 Å². The van der Waals surface area contributed by atoms with E-state index in [2.05, 4.69) is 44.8 Å². The molecular weight excluding hydrogens is 348 g/mol. The largest absolute Gasteiger partial charge is 0.384 e. The molecule has 2 heterocycles. The van der Waals surface area contributed by atoms with Crippen molar-refractivity contribution in [1.82, 2.24) is 4.90 Å². The first-order chi connectivity index (χ1) is 10.1. The van der Waals surface area contributed by atoms with Crippen LogP contribution >= 0.6 is 27.3 Å². The predicted octanol–water partition coefficient (Wildman–Crippen LogP) is 3.75. The summed E-state index contributed by atoms with van der Waals surface area (Å²) in [6.07, 6.45) is 0.819. The number of para-hydroxylation sites is 1. The number of benzene rings is 1. The van der Waals surface area contributed by atoms with Gasteiger partial charge in [0, 0.05) is 25.8 Å². The zero-order valence-electron chi connectivity index (χ0n) is 11.8. The third-order valence-corrected chi connectivity index (χ3v) is 5.34. The number of carbonyl (C=O) groups excluding carboxylic acids is 1. The topological polar surface area (TPSA) is 32.3 Å². The van der Waals surface area contributed by atoms with Gasteiger partial charge >= 0.3 is 0 Å². The highest BCUT2D eigenvalue weighted by molar-refractivity contribution is 9.11. The Kier molecular flexibility index (Phi) is 4.31. The van der Waals surface area contributed by atoms with Crippen LogP contribution in [-0.2, 0) is 17.8 Å². The number of amides is 1.